The molecule has 2 N–H and O–H groups in total. The predicted octanol–water partition coefficient (Wildman–Crippen LogP) is 5.99. The largest absolute Gasteiger partial charge is 0.493 e. The first-order valence-electron chi connectivity index (χ1n) is 12.5. The summed E-state index contributed by atoms with van der Waals surface area (Å²) in [6, 6.07) is 25.6. The van der Waals surface area contributed by atoms with Crippen molar-refractivity contribution < 1.29 is 19.1 Å². The van der Waals surface area contributed by atoms with Crippen molar-refractivity contribution in [2.45, 2.75) is 26.5 Å². The molecule has 2 amide bonds. The van der Waals surface area contributed by atoms with E-state index in [1.807, 2.05) is 44.2 Å². The molecule has 7 nitrogen and oxygen atoms in total. The molecule has 1 unspecified atom stereocenters. The minimum atomic E-state index is -0.801. The molecule has 0 heterocycles. The molecule has 4 aromatic carbocycles. The summed E-state index contributed by atoms with van der Waals surface area (Å²) in [6.45, 7) is 4.06. The highest BCUT2D eigenvalue weighted by atomic mass is 35.5. The topological polar surface area (TPSA) is 89.0 Å². The molecule has 0 fully saturated rings. The van der Waals surface area contributed by atoms with Crippen LogP contribution in [-0.2, 0) is 11.4 Å². The van der Waals surface area contributed by atoms with E-state index in [1.165, 1.54) is 6.21 Å². The number of hydrogen-bond acceptors (Lipinski definition) is 5. The summed E-state index contributed by atoms with van der Waals surface area (Å²) in [7, 11) is 1.57. The van der Waals surface area contributed by atoms with Gasteiger partial charge in [0, 0.05) is 0 Å². The Kier molecular flexibility index (Phi) is 9.18. The summed E-state index contributed by atoms with van der Waals surface area (Å²) in [5, 5.41) is 9.43. The van der Waals surface area contributed by atoms with E-state index in [4.69, 9.17) is 21.1 Å². The average Bonchev–Trinajstić information content (AvgIpc) is 2.94. The number of hydrazone groups is 1. The van der Waals surface area contributed by atoms with Gasteiger partial charge in [0.2, 0.25) is 0 Å². The third-order valence-corrected chi connectivity index (χ3v) is 6.52. The number of carbonyl (C=O) groups is 2. The van der Waals surface area contributed by atoms with Gasteiger partial charge in [0.05, 0.1) is 23.9 Å². The van der Waals surface area contributed by atoms with Crippen LogP contribution in [0, 0.1) is 5.92 Å². The fourth-order valence-corrected chi connectivity index (χ4v) is 4.32. The second-order valence-corrected chi connectivity index (χ2v) is 9.65. The highest BCUT2D eigenvalue weighted by Gasteiger charge is 2.25. The molecule has 4 rings (SSSR count). The summed E-state index contributed by atoms with van der Waals surface area (Å²) < 4.78 is 11.6. The second-order valence-electron chi connectivity index (χ2n) is 9.25. The van der Waals surface area contributed by atoms with Crippen molar-refractivity contribution in [1.29, 1.82) is 0 Å². The quantitative estimate of drug-likeness (QED) is 0.190. The van der Waals surface area contributed by atoms with Gasteiger partial charge in [0.15, 0.2) is 11.5 Å². The van der Waals surface area contributed by atoms with E-state index in [1.54, 1.807) is 43.5 Å². The van der Waals surface area contributed by atoms with Crippen LogP contribution in [0.5, 0.6) is 11.5 Å². The summed E-state index contributed by atoms with van der Waals surface area (Å²) >= 11 is 6.12. The van der Waals surface area contributed by atoms with Gasteiger partial charge in [0.1, 0.15) is 12.6 Å². The van der Waals surface area contributed by atoms with Crippen LogP contribution in [0.15, 0.2) is 90.0 Å². The zero-order chi connectivity index (χ0) is 27.8. The van der Waals surface area contributed by atoms with E-state index >= 15 is 0 Å². The summed E-state index contributed by atoms with van der Waals surface area (Å²) in [4.78, 5) is 25.5. The lowest BCUT2D eigenvalue weighted by molar-refractivity contribution is -0.123. The molecule has 39 heavy (non-hydrogen) atoms. The first kappa shape index (κ1) is 27.7. The molecular weight excluding hydrogens is 514 g/mol. The van der Waals surface area contributed by atoms with Crippen LogP contribution >= 0.6 is 11.6 Å². The molecule has 0 saturated heterocycles. The van der Waals surface area contributed by atoms with Crippen LogP contribution in [0.3, 0.4) is 0 Å². The maximum atomic E-state index is 12.8. The van der Waals surface area contributed by atoms with Gasteiger partial charge in [0.25, 0.3) is 11.8 Å². The molecule has 200 valence electrons. The molecule has 0 bridgehead atoms. The third kappa shape index (κ3) is 6.94. The number of benzene rings is 4. The Bertz CT molecular complexity index is 1500. The third-order valence-electron chi connectivity index (χ3n) is 6.19. The van der Waals surface area contributed by atoms with Crippen LogP contribution in [0.25, 0.3) is 10.8 Å². The lowest BCUT2D eigenvalue weighted by atomic mass is 10.0. The molecule has 0 radical (unpaired) electrons. The minimum absolute atomic E-state index is 0.176. The van der Waals surface area contributed by atoms with Gasteiger partial charge in [-0.15, -0.1) is 0 Å². The van der Waals surface area contributed by atoms with E-state index in [9.17, 15) is 9.59 Å². The Morgan fingerprint density at radius 3 is 2.46 bits per heavy atom. The number of fused-ring (bicyclic) bond motifs is 1. The molecule has 0 aromatic heterocycles. The zero-order valence-corrected chi connectivity index (χ0v) is 22.7. The van der Waals surface area contributed by atoms with Crippen LogP contribution < -0.4 is 20.2 Å². The van der Waals surface area contributed by atoms with Crippen LogP contribution in [-0.4, -0.2) is 31.2 Å². The Balaban J connectivity index is 1.39. The van der Waals surface area contributed by atoms with Crippen LogP contribution in [0.1, 0.15) is 35.3 Å². The van der Waals surface area contributed by atoms with Gasteiger partial charge in [-0.3, -0.25) is 9.59 Å². The predicted molar refractivity (Wildman–Crippen MR) is 155 cm³/mol. The summed E-state index contributed by atoms with van der Waals surface area (Å²) in [5.41, 5.74) is 4.59. The van der Waals surface area contributed by atoms with Crippen LogP contribution in [0.2, 0.25) is 5.02 Å². The SMILES string of the molecule is COc1cc(/C=N\NC(=O)C(NC(=O)c2ccccc2Cl)C(C)C)ccc1OCc1cccc2ccccc12. The molecule has 1 atom stereocenters. The normalized spacial score (nSPS) is 11.9. The Morgan fingerprint density at radius 2 is 1.69 bits per heavy atom. The molecular formula is C31H30ClN3O4. The summed E-state index contributed by atoms with van der Waals surface area (Å²) in [5.74, 6) is 0.0853. The highest BCUT2D eigenvalue weighted by Crippen LogP contribution is 2.29. The maximum Gasteiger partial charge on any atom is 0.262 e. The van der Waals surface area contributed by atoms with Gasteiger partial charge in [-0.25, -0.2) is 5.43 Å². The number of amides is 2. The molecule has 0 aliphatic rings. The first-order valence-corrected chi connectivity index (χ1v) is 12.9. The van der Waals surface area contributed by atoms with Crippen LogP contribution in [0.4, 0.5) is 0 Å². The van der Waals surface area contributed by atoms with E-state index in [0.29, 0.717) is 34.3 Å². The Labute approximate surface area is 232 Å². The van der Waals surface area contributed by atoms with Crippen molar-refractivity contribution in [3.63, 3.8) is 0 Å². The van der Waals surface area contributed by atoms with Crippen molar-refractivity contribution >= 4 is 40.4 Å². The molecule has 4 aromatic rings. The van der Waals surface area contributed by atoms with E-state index < -0.39 is 17.9 Å². The number of carbonyl (C=O) groups excluding carboxylic acids is 2. The Morgan fingerprint density at radius 1 is 0.949 bits per heavy atom. The molecule has 0 saturated carbocycles. The van der Waals surface area contributed by atoms with Crippen molar-refractivity contribution in [1.82, 2.24) is 10.7 Å². The number of rotatable bonds is 10. The zero-order valence-electron chi connectivity index (χ0n) is 22.0. The van der Waals surface area contributed by atoms with Gasteiger partial charge >= 0.3 is 0 Å². The second kappa shape index (κ2) is 12.9. The molecule has 8 heteroatoms. The number of nitrogens with one attached hydrogen (secondary N) is 2. The maximum absolute atomic E-state index is 12.8. The van der Waals surface area contributed by atoms with Crippen molar-refractivity contribution in [3.8, 4) is 11.5 Å². The number of ether oxygens (including phenoxy) is 2. The van der Waals surface area contributed by atoms with Gasteiger partial charge in [-0.05, 0) is 58.1 Å². The van der Waals surface area contributed by atoms with Crippen molar-refractivity contribution in [2.24, 2.45) is 11.0 Å². The monoisotopic (exact) mass is 543 g/mol. The number of nitrogens with zero attached hydrogens (tertiary/aromatic N) is 1. The fraction of sp³-hybridized carbons (Fsp3) is 0.194. The number of halogens is 1. The smallest absolute Gasteiger partial charge is 0.262 e. The Hall–Kier alpha value is -4.36. The van der Waals surface area contributed by atoms with E-state index in [0.717, 1.165) is 16.3 Å². The van der Waals surface area contributed by atoms with Gasteiger partial charge in [-0.2, -0.15) is 5.10 Å². The highest BCUT2D eigenvalue weighted by molar-refractivity contribution is 6.33. The van der Waals surface area contributed by atoms with Gasteiger partial charge < -0.3 is 14.8 Å². The lowest BCUT2D eigenvalue weighted by Crippen LogP contribution is -2.48. The molecule has 0 aliphatic carbocycles. The van der Waals surface area contributed by atoms with Crippen molar-refractivity contribution in [3.05, 3.63) is 107 Å². The lowest BCUT2D eigenvalue weighted by Gasteiger charge is -2.20. The fourth-order valence-electron chi connectivity index (χ4n) is 4.10. The minimum Gasteiger partial charge on any atom is -0.493 e. The number of methoxy groups -OCH3 is 1. The molecule has 0 spiro atoms. The standard InChI is InChI=1S/C31H30ClN3O4/c1-20(2)29(34-30(36)25-13-6-7-14-26(25)32)31(37)35-33-18-21-15-16-27(28(17-21)38-3)39-19-23-11-8-10-22-9-4-5-12-24(22)23/h4-18,20,29H,19H2,1-3H3,(H,34,36)(H,35,37)/b33-18-. The number of hydrogen-bond donors (Lipinski definition) is 2. The van der Waals surface area contributed by atoms with E-state index in [2.05, 4.69) is 34.0 Å². The molecule has 0 aliphatic heterocycles. The van der Waals surface area contributed by atoms with Crippen molar-refractivity contribution in [2.75, 3.05) is 7.11 Å². The first-order chi connectivity index (χ1) is 18.9. The van der Waals surface area contributed by atoms with Gasteiger partial charge in [-0.1, -0.05) is 80.0 Å². The van der Waals surface area contributed by atoms with E-state index in [-0.39, 0.29) is 5.92 Å². The summed E-state index contributed by atoms with van der Waals surface area (Å²) in [6.07, 6.45) is 1.50. The average molecular weight is 544 g/mol.